The minimum atomic E-state index is -4.57. The van der Waals surface area contributed by atoms with Crippen molar-refractivity contribution in [1.82, 2.24) is 0 Å². The topological polar surface area (TPSA) is 93.1 Å². The third-order valence-corrected chi connectivity index (χ3v) is 4.59. The Morgan fingerprint density at radius 3 is 2.08 bits per heavy atom. The Balaban J connectivity index is 4.42. The van der Waals surface area contributed by atoms with Crippen molar-refractivity contribution in [1.29, 1.82) is 0 Å². The molecule has 0 radical (unpaired) electrons. The van der Waals surface area contributed by atoms with E-state index in [4.69, 9.17) is 19.0 Å². The normalized spacial score (nSPS) is 14.1. The van der Waals surface area contributed by atoms with Gasteiger partial charge in [-0.25, -0.2) is 9.36 Å². The lowest BCUT2D eigenvalue weighted by Gasteiger charge is -2.23. The smallest absolute Gasteiger partial charge is 0.459 e. The van der Waals surface area contributed by atoms with Crippen molar-refractivity contribution in [2.75, 3.05) is 0 Å². The van der Waals surface area contributed by atoms with Crippen LogP contribution in [0, 0.1) is 0 Å². The molecule has 0 bridgehead atoms. The summed E-state index contributed by atoms with van der Waals surface area (Å²) in [7, 11) is -4.57. The van der Waals surface area contributed by atoms with Gasteiger partial charge in [0.1, 0.15) is 6.10 Å². The zero-order chi connectivity index (χ0) is 19.3. The van der Waals surface area contributed by atoms with Crippen LogP contribution in [0.2, 0.25) is 0 Å². The molecule has 0 amide bonds. The lowest BCUT2D eigenvalue weighted by molar-refractivity contribution is -0.145. The molecule has 148 valence electrons. The van der Waals surface area contributed by atoms with Crippen LogP contribution in [0.5, 0.6) is 0 Å². The van der Waals surface area contributed by atoms with Gasteiger partial charge >= 0.3 is 13.8 Å². The first kappa shape index (κ1) is 24.3. The zero-order valence-electron chi connectivity index (χ0n) is 15.9. The average molecular weight is 378 g/mol. The van der Waals surface area contributed by atoms with Crippen molar-refractivity contribution in [3.63, 3.8) is 0 Å². The fraction of sp³-hybridized carbons (Fsp3) is 0.833. The van der Waals surface area contributed by atoms with E-state index in [9.17, 15) is 9.36 Å². The standard InChI is InChI=1S/C18H35O6P/c1-5-7-8-9-10-11-12-13-17(24-25(20,21)22)14-16(6-2)23-18(19)15(3)4/h16-17H,3,5-14H2,1-2,4H3,(H2,20,21,22). The quantitative estimate of drug-likeness (QED) is 0.182. The van der Waals surface area contributed by atoms with Gasteiger partial charge in [0.2, 0.25) is 0 Å². The summed E-state index contributed by atoms with van der Waals surface area (Å²) in [6.07, 6.45) is 8.13. The predicted octanol–water partition coefficient (Wildman–Crippen LogP) is 4.89. The van der Waals surface area contributed by atoms with Gasteiger partial charge in [0.25, 0.3) is 0 Å². The van der Waals surface area contributed by atoms with Crippen LogP contribution in [0.25, 0.3) is 0 Å². The largest absolute Gasteiger partial charge is 0.469 e. The van der Waals surface area contributed by atoms with E-state index in [2.05, 4.69) is 13.5 Å². The van der Waals surface area contributed by atoms with Gasteiger partial charge in [-0.3, -0.25) is 4.52 Å². The maximum Gasteiger partial charge on any atom is 0.469 e. The number of phosphoric ester groups is 1. The van der Waals surface area contributed by atoms with Gasteiger partial charge in [-0.2, -0.15) is 0 Å². The van der Waals surface area contributed by atoms with Gasteiger partial charge in [0.15, 0.2) is 0 Å². The van der Waals surface area contributed by atoms with E-state index in [1.165, 1.54) is 25.7 Å². The Labute approximate surface area is 152 Å². The molecule has 2 N–H and O–H groups in total. The minimum absolute atomic E-state index is 0.274. The molecule has 0 rings (SSSR count). The van der Waals surface area contributed by atoms with Gasteiger partial charge in [-0.05, 0) is 19.8 Å². The van der Waals surface area contributed by atoms with E-state index in [0.717, 1.165) is 19.3 Å². The number of esters is 1. The first-order chi connectivity index (χ1) is 11.7. The lowest BCUT2D eigenvalue weighted by Crippen LogP contribution is -2.25. The SMILES string of the molecule is C=C(C)C(=O)OC(CC)CC(CCCCCCCCC)OP(=O)(O)O. The second-order valence-corrected chi connectivity index (χ2v) is 7.77. The molecular weight excluding hydrogens is 343 g/mol. The Bertz CT molecular complexity index is 431. The molecule has 25 heavy (non-hydrogen) atoms. The summed E-state index contributed by atoms with van der Waals surface area (Å²) in [4.78, 5) is 29.9. The fourth-order valence-corrected chi connectivity index (χ4v) is 3.16. The van der Waals surface area contributed by atoms with E-state index in [1.54, 1.807) is 6.92 Å². The Morgan fingerprint density at radius 1 is 1.04 bits per heavy atom. The molecular formula is C18H35O6P. The summed E-state index contributed by atoms with van der Waals surface area (Å²) >= 11 is 0. The van der Waals surface area contributed by atoms with E-state index in [-0.39, 0.29) is 6.42 Å². The average Bonchev–Trinajstić information content (AvgIpc) is 2.51. The number of carbonyl (C=O) groups is 1. The molecule has 0 fully saturated rings. The van der Waals surface area contributed by atoms with Crippen molar-refractivity contribution in [3.05, 3.63) is 12.2 Å². The van der Waals surface area contributed by atoms with Crippen molar-refractivity contribution in [2.24, 2.45) is 0 Å². The number of unbranched alkanes of at least 4 members (excludes halogenated alkanes) is 6. The molecule has 2 unspecified atom stereocenters. The Morgan fingerprint density at radius 2 is 1.60 bits per heavy atom. The highest BCUT2D eigenvalue weighted by molar-refractivity contribution is 7.46. The van der Waals surface area contributed by atoms with Gasteiger partial charge in [0, 0.05) is 12.0 Å². The highest BCUT2D eigenvalue weighted by Gasteiger charge is 2.26. The summed E-state index contributed by atoms with van der Waals surface area (Å²) in [5, 5.41) is 0. The molecule has 0 aliphatic rings. The van der Waals surface area contributed by atoms with E-state index >= 15 is 0 Å². The highest BCUT2D eigenvalue weighted by Crippen LogP contribution is 2.40. The van der Waals surface area contributed by atoms with Crippen LogP contribution in [-0.2, 0) is 18.6 Å². The first-order valence-electron chi connectivity index (χ1n) is 9.30. The van der Waals surface area contributed by atoms with Crippen molar-refractivity contribution >= 4 is 13.8 Å². The van der Waals surface area contributed by atoms with Crippen LogP contribution in [0.15, 0.2) is 12.2 Å². The molecule has 7 heteroatoms. The van der Waals surface area contributed by atoms with Crippen LogP contribution in [0.1, 0.15) is 85.0 Å². The summed E-state index contributed by atoms with van der Waals surface area (Å²) in [6.45, 7) is 9.14. The third-order valence-electron chi connectivity index (χ3n) is 4.02. The molecule has 0 aromatic rings. The zero-order valence-corrected chi connectivity index (χ0v) is 16.8. The number of hydrogen-bond acceptors (Lipinski definition) is 4. The fourth-order valence-electron chi connectivity index (χ4n) is 2.58. The Hall–Kier alpha value is -0.680. The molecule has 0 saturated carbocycles. The summed E-state index contributed by atoms with van der Waals surface area (Å²) in [5.41, 5.74) is 0.304. The van der Waals surface area contributed by atoms with Gasteiger partial charge in [-0.1, -0.05) is 65.4 Å². The minimum Gasteiger partial charge on any atom is -0.459 e. The van der Waals surface area contributed by atoms with E-state index in [0.29, 0.717) is 18.4 Å². The summed E-state index contributed by atoms with van der Waals surface area (Å²) in [5.74, 6) is -0.488. The number of rotatable bonds is 15. The second-order valence-electron chi connectivity index (χ2n) is 6.58. The van der Waals surface area contributed by atoms with Crippen LogP contribution >= 0.6 is 7.82 Å². The molecule has 0 aromatic carbocycles. The molecule has 0 aromatic heterocycles. The predicted molar refractivity (Wildman–Crippen MR) is 99.1 cm³/mol. The molecule has 2 atom stereocenters. The molecule has 0 aliphatic carbocycles. The monoisotopic (exact) mass is 378 g/mol. The Kier molecular flexibility index (Phi) is 13.1. The second kappa shape index (κ2) is 13.5. The maximum absolute atomic E-state index is 11.6. The molecule has 0 saturated heterocycles. The van der Waals surface area contributed by atoms with Crippen LogP contribution in [-0.4, -0.2) is 28.0 Å². The van der Waals surface area contributed by atoms with Crippen LogP contribution < -0.4 is 0 Å². The number of carbonyl (C=O) groups excluding carboxylic acids is 1. The van der Waals surface area contributed by atoms with Crippen molar-refractivity contribution in [3.8, 4) is 0 Å². The van der Waals surface area contributed by atoms with Crippen molar-refractivity contribution < 1.29 is 28.4 Å². The van der Waals surface area contributed by atoms with Crippen molar-refractivity contribution in [2.45, 2.75) is 97.2 Å². The number of hydrogen-bond donors (Lipinski definition) is 2. The van der Waals surface area contributed by atoms with Crippen LogP contribution in [0.4, 0.5) is 0 Å². The van der Waals surface area contributed by atoms with E-state index in [1.807, 2.05) is 6.92 Å². The third kappa shape index (κ3) is 14.2. The summed E-state index contributed by atoms with van der Waals surface area (Å²) < 4.78 is 21.4. The maximum atomic E-state index is 11.6. The molecule has 6 nitrogen and oxygen atoms in total. The number of ether oxygens (including phenoxy) is 1. The van der Waals surface area contributed by atoms with Gasteiger partial charge in [0.05, 0.1) is 6.10 Å². The lowest BCUT2D eigenvalue weighted by atomic mass is 10.0. The molecule has 0 spiro atoms. The molecule has 0 heterocycles. The summed E-state index contributed by atoms with van der Waals surface area (Å²) in [6, 6.07) is 0. The van der Waals surface area contributed by atoms with E-state index < -0.39 is 26.0 Å². The molecule has 0 aliphatic heterocycles. The van der Waals surface area contributed by atoms with Gasteiger partial charge in [-0.15, -0.1) is 0 Å². The first-order valence-corrected chi connectivity index (χ1v) is 10.8. The number of phosphoric acid groups is 1. The van der Waals surface area contributed by atoms with Gasteiger partial charge < -0.3 is 14.5 Å². The highest BCUT2D eigenvalue weighted by atomic mass is 31.2. The van der Waals surface area contributed by atoms with Crippen LogP contribution in [0.3, 0.4) is 0 Å².